The molecule has 0 spiro atoms. The van der Waals surface area contributed by atoms with E-state index in [0.717, 1.165) is 16.6 Å². The van der Waals surface area contributed by atoms with Crippen molar-refractivity contribution in [2.75, 3.05) is 6.61 Å². The van der Waals surface area contributed by atoms with Crippen molar-refractivity contribution in [2.24, 2.45) is 5.73 Å². The third kappa shape index (κ3) is 6.93. The van der Waals surface area contributed by atoms with Crippen molar-refractivity contribution in [3.05, 3.63) is 48.5 Å². The molecule has 1 aromatic carbocycles. The number of hydrogen-bond donors (Lipinski definition) is 3. The quantitative estimate of drug-likeness (QED) is 0.708. The van der Waals surface area contributed by atoms with E-state index in [9.17, 15) is 9.59 Å². The number of carboxylic acid groups (broad SMARTS) is 1. The number of phenolic OH excluding ortho intramolecular Hbond substituents is 1. The van der Waals surface area contributed by atoms with E-state index in [1.54, 1.807) is 24.3 Å². The number of rotatable bonds is 5. The van der Waals surface area contributed by atoms with Gasteiger partial charge < -0.3 is 20.7 Å². The van der Waals surface area contributed by atoms with Gasteiger partial charge in [-0.25, -0.2) is 14.3 Å². The summed E-state index contributed by atoms with van der Waals surface area (Å²) in [5.41, 5.74) is 6.59. The molecule has 4 N–H and O–H groups in total. The molecule has 0 aliphatic heterocycles. The van der Waals surface area contributed by atoms with Crippen LogP contribution in [0.4, 0.5) is 4.79 Å². The van der Waals surface area contributed by atoms with Crippen LogP contribution in [0.3, 0.4) is 0 Å². The second-order valence-electron chi connectivity index (χ2n) is 4.90. The Bertz CT molecular complexity index is 626. The largest absolute Gasteiger partial charge is 0.508 e. The molecule has 1 atom stereocenters. The number of ether oxygens (including phenoxy) is 1. The molecule has 2 rings (SSSR count). The summed E-state index contributed by atoms with van der Waals surface area (Å²) in [6, 6.07) is 5.97. The summed E-state index contributed by atoms with van der Waals surface area (Å²) >= 11 is 0. The zero-order chi connectivity index (χ0) is 17.9. The predicted octanol–water partition coefficient (Wildman–Crippen LogP) is 1.62. The smallest absolute Gasteiger partial charge is 0.416 e. The van der Waals surface area contributed by atoms with Gasteiger partial charge >= 0.3 is 12.1 Å². The number of nitrogens with zero attached hydrogens (tertiary/aromatic N) is 2. The van der Waals surface area contributed by atoms with Crippen molar-refractivity contribution < 1.29 is 24.5 Å². The average Bonchev–Trinajstić information content (AvgIpc) is 3.10. The summed E-state index contributed by atoms with van der Waals surface area (Å²) in [5, 5.41) is 17.3. The molecule has 0 saturated carbocycles. The number of imidazole rings is 1. The molecular weight excluding hydrogens is 314 g/mol. The fourth-order valence-electron chi connectivity index (χ4n) is 1.65. The van der Waals surface area contributed by atoms with Crippen LogP contribution in [0.15, 0.2) is 43.0 Å². The van der Waals surface area contributed by atoms with Crippen LogP contribution in [-0.4, -0.2) is 44.5 Å². The van der Waals surface area contributed by atoms with Gasteiger partial charge in [0.05, 0.1) is 6.61 Å². The van der Waals surface area contributed by atoms with Crippen molar-refractivity contribution in [1.82, 2.24) is 9.55 Å². The fraction of sp³-hybridized carbons (Fsp3) is 0.312. The second-order valence-corrected chi connectivity index (χ2v) is 4.90. The molecule has 8 nitrogen and oxygen atoms in total. The third-order valence-corrected chi connectivity index (χ3v) is 2.87. The van der Waals surface area contributed by atoms with Gasteiger partial charge in [-0.3, -0.25) is 4.79 Å². The van der Waals surface area contributed by atoms with E-state index in [1.807, 2.05) is 6.92 Å². The lowest BCUT2D eigenvalue weighted by molar-refractivity contribution is -0.145. The highest BCUT2D eigenvalue weighted by Crippen LogP contribution is 2.11. The normalized spacial score (nSPS) is 11.1. The average molecular weight is 335 g/mol. The third-order valence-electron chi connectivity index (χ3n) is 2.87. The SMILES string of the molecule is CCCOC(=O)C(N)Cc1ccc(O)cc1.O=C(O)n1ccnc1. The summed E-state index contributed by atoms with van der Waals surface area (Å²) in [6.45, 7) is 2.33. The first-order valence-corrected chi connectivity index (χ1v) is 7.35. The molecule has 0 saturated heterocycles. The number of esters is 1. The van der Waals surface area contributed by atoms with Gasteiger partial charge in [0, 0.05) is 12.4 Å². The zero-order valence-electron chi connectivity index (χ0n) is 13.3. The van der Waals surface area contributed by atoms with E-state index in [0.29, 0.717) is 13.0 Å². The first kappa shape index (κ1) is 19.2. The Morgan fingerprint density at radius 2 is 2.00 bits per heavy atom. The second kappa shape index (κ2) is 10.0. The van der Waals surface area contributed by atoms with Gasteiger partial charge in [-0.2, -0.15) is 0 Å². The van der Waals surface area contributed by atoms with Gasteiger partial charge in [-0.1, -0.05) is 19.1 Å². The van der Waals surface area contributed by atoms with Crippen LogP contribution in [0, 0.1) is 0 Å². The first-order valence-electron chi connectivity index (χ1n) is 7.35. The minimum absolute atomic E-state index is 0.200. The molecule has 0 amide bonds. The van der Waals surface area contributed by atoms with Crippen molar-refractivity contribution in [1.29, 1.82) is 0 Å². The molecule has 8 heteroatoms. The molecule has 1 unspecified atom stereocenters. The number of hydrogen-bond acceptors (Lipinski definition) is 6. The lowest BCUT2D eigenvalue weighted by atomic mass is 10.1. The molecule has 24 heavy (non-hydrogen) atoms. The van der Waals surface area contributed by atoms with Crippen molar-refractivity contribution in [3.63, 3.8) is 0 Å². The van der Waals surface area contributed by atoms with Gasteiger partial charge in [-0.05, 0) is 30.5 Å². The maximum absolute atomic E-state index is 11.4. The van der Waals surface area contributed by atoms with Gasteiger partial charge in [0.25, 0.3) is 0 Å². The van der Waals surface area contributed by atoms with Gasteiger partial charge in [0.1, 0.15) is 18.1 Å². The summed E-state index contributed by atoms with van der Waals surface area (Å²) in [7, 11) is 0. The van der Waals surface area contributed by atoms with E-state index in [4.69, 9.17) is 20.7 Å². The Kier molecular flexibility index (Phi) is 8.00. The Hall–Kier alpha value is -2.87. The topological polar surface area (TPSA) is 128 Å². The molecule has 0 bridgehead atoms. The number of aromatic nitrogens is 2. The molecule has 1 aromatic heterocycles. The Morgan fingerprint density at radius 1 is 1.33 bits per heavy atom. The summed E-state index contributed by atoms with van der Waals surface area (Å²) in [5.74, 6) is -0.180. The molecule has 0 aliphatic rings. The number of carbonyl (C=O) groups excluding carboxylic acids is 1. The minimum Gasteiger partial charge on any atom is -0.508 e. The predicted molar refractivity (Wildman–Crippen MR) is 86.7 cm³/mol. The monoisotopic (exact) mass is 335 g/mol. The van der Waals surface area contributed by atoms with Crippen molar-refractivity contribution >= 4 is 12.1 Å². The Labute approximate surface area is 139 Å². The first-order chi connectivity index (χ1) is 11.4. The molecule has 130 valence electrons. The maximum atomic E-state index is 11.4. The number of phenols is 1. The lowest BCUT2D eigenvalue weighted by Gasteiger charge is -2.10. The lowest BCUT2D eigenvalue weighted by Crippen LogP contribution is -2.34. The maximum Gasteiger partial charge on any atom is 0.416 e. The molecule has 0 radical (unpaired) electrons. The van der Waals surface area contributed by atoms with Crippen LogP contribution in [0.5, 0.6) is 5.75 Å². The Morgan fingerprint density at radius 3 is 2.46 bits per heavy atom. The van der Waals surface area contributed by atoms with Crippen LogP contribution in [0.25, 0.3) is 0 Å². The number of benzene rings is 1. The van der Waals surface area contributed by atoms with Gasteiger partial charge in [0.2, 0.25) is 0 Å². The van der Waals surface area contributed by atoms with Crippen LogP contribution in [0.2, 0.25) is 0 Å². The number of aromatic hydroxyl groups is 1. The fourth-order valence-corrected chi connectivity index (χ4v) is 1.65. The van der Waals surface area contributed by atoms with E-state index < -0.39 is 12.1 Å². The summed E-state index contributed by atoms with van der Waals surface area (Å²) in [6.07, 6.45) is 4.20. The molecule has 1 heterocycles. The molecule has 0 fully saturated rings. The van der Waals surface area contributed by atoms with E-state index >= 15 is 0 Å². The van der Waals surface area contributed by atoms with Crippen molar-refractivity contribution in [2.45, 2.75) is 25.8 Å². The highest BCUT2D eigenvalue weighted by Gasteiger charge is 2.15. The van der Waals surface area contributed by atoms with E-state index in [-0.39, 0.29) is 11.7 Å². The van der Waals surface area contributed by atoms with Gasteiger partial charge in [-0.15, -0.1) is 0 Å². The van der Waals surface area contributed by atoms with E-state index in [1.165, 1.54) is 18.7 Å². The summed E-state index contributed by atoms with van der Waals surface area (Å²) < 4.78 is 5.91. The highest BCUT2D eigenvalue weighted by atomic mass is 16.5. The standard InChI is InChI=1S/C12H17NO3.C4H4N2O2/c1-2-7-16-12(15)11(13)8-9-3-5-10(14)6-4-9;7-4(8)6-2-1-5-3-6/h3-6,11,14H,2,7-8,13H2,1H3;1-3H,(H,7,8). The van der Waals surface area contributed by atoms with Crippen LogP contribution < -0.4 is 5.73 Å². The van der Waals surface area contributed by atoms with Crippen LogP contribution >= 0.6 is 0 Å². The Balaban J connectivity index is 0.000000300. The molecular formula is C16H21N3O5. The molecule has 2 aromatic rings. The van der Waals surface area contributed by atoms with Crippen molar-refractivity contribution in [3.8, 4) is 5.75 Å². The van der Waals surface area contributed by atoms with Crippen LogP contribution in [-0.2, 0) is 16.0 Å². The highest BCUT2D eigenvalue weighted by molar-refractivity contribution is 5.75. The minimum atomic E-state index is -1.01. The molecule has 0 aliphatic carbocycles. The zero-order valence-corrected chi connectivity index (χ0v) is 13.3. The van der Waals surface area contributed by atoms with Gasteiger partial charge in [0.15, 0.2) is 0 Å². The summed E-state index contributed by atoms with van der Waals surface area (Å²) in [4.78, 5) is 24.9. The number of nitrogens with two attached hydrogens (primary N) is 1. The number of carbonyl (C=O) groups is 2. The van der Waals surface area contributed by atoms with Crippen LogP contribution in [0.1, 0.15) is 18.9 Å². The van der Waals surface area contributed by atoms with E-state index in [2.05, 4.69) is 4.98 Å².